The zero-order valence-corrected chi connectivity index (χ0v) is 10.9. The molecule has 96 valence electrons. The molecule has 2 heterocycles. The fourth-order valence-electron chi connectivity index (χ4n) is 2.68. The number of nitrogens with one attached hydrogen (secondary N) is 1. The highest BCUT2D eigenvalue weighted by Gasteiger charge is 2.35. The number of amides is 2. The van der Waals surface area contributed by atoms with Gasteiger partial charge in [-0.15, -0.1) is 0 Å². The van der Waals surface area contributed by atoms with E-state index >= 15 is 0 Å². The first-order valence-corrected chi connectivity index (χ1v) is 6.68. The summed E-state index contributed by atoms with van der Waals surface area (Å²) in [7, 11) is 0. The number of urea groups is 1. The van der Waals surface area contributed by atoms with Crippen molar-refractivity contribution in [3.63, 3.8) is 0 Å². The molecule has 18 heavy (non-hydrogen) atoms. The predicted molar refractivity (Wildman–Crippen MR) is 72.2 cm³/mol. The molecule has 1 atom stereocenters. The molecule has 0 aliphatic carbocycles. The van der Waals surface area contributed by atoms with Gasteiger partial charge in [0.15, 0.2) is 0 Å². The largest absolute Gasteiger partial charge is 0.324 e. The maximum Gasteiger partial charge on any atom is 0.324 e. The van der Waals surface area contributed by atoms with Crippen LogP contribution in [0.3, 0.4) is 0 Å². The molecule has 2 aliphatic rings. The zero-order chi connectivity index (χ0) is 12.5. The van der Waals surface area contributed by atoms with Crippen LogP contribution in [0, 0.1) is 0 Å². The second-order valence-electron chi connectivity index (χ2n) is 4.75. The highest BCUT2D eigenvalue weighted by atomic mass is 35.5. The van der Waals surface area contributed by atoms with Gasteiger partial charge < -0.3 is 10.2 Å². The van der Waals surface area contributed by atoms with Gasteiger partial charge >= 0.3 is 6.03 Å². The number of halogens is 1. The lowest BCUT2D eigenvalue weighted by Gasteiger charge is -2.44. The predicted octanol–water partition coefficient (Wildman–Crippen LogP) is 1.94. The van der Waals surface area contributed by atoms with Crippen molar-refractivity contribution in [2.75, 3.05) is 31.1 Å². The van der Waals surface area contributed by atoms with Crippen LogP contribution in [0.2, 0.25) is 5.02 Å². The first-order chi connectivity index (χ1) is 8.75. The Morgan fingerprint density at radius 2 is 2.22 bits per heavy atom. The molecule has 5 heteroatoms. The molecular formula is C13H16ClN3O. The number of benzene rings is 1. The van der Waals surface area contributed by atoms with E-state index in [-0.39, 0.29) is 6.03 Å². The molecule has 2 fully saturated rings. The average Bonchev–Trinajstić information content (AvgIpc) is 2.39. The third-order valence-electron chi connectivity index (χ3n) is 3.63. The Labute approximate surface area is 112 Å². The quantitative estimate of drug-likeness (QED) is 0.842. The van der Waals surface area contributed by atoms with Crippen LogP contribution in [0.1, 0.15) is 6.42 Å². The minimum atomic E-state index is 0.106. The van der Waals surface area contributed by atoms with Gasteiger partial charge in [0.25, 0.3) is 0 Å². The SMILES string of the molecule is O=C1N(c2cccc(Cl)c2)CCC2CNCCN12. The zero-order valence-electron chi connectivity index (χ0n) is 10.1. The second-order valence-corrected chi connectivity index (χ2v) is 5.19. The van der Waals surface area contributed by atoms with Crippen LogP contribution in [0.5, 0.6) is 0 Å². The van der Waals surface area contributed by atoms with Crippen molar-refractivity contribution < 1.29 is 4.79 Å². The van der Waals surface area contributed by atoms with Crippen molar-refractivity contribution in [3.8, 4) is 0 Å². The number of rotatable bonds is 1. The van der Waals surface area contributed by atoms with E-state index in [1.165, 1.54) is 0 Å². The van der Waals surface area contributed by atoms with Gasteiger partial charge in [-0.1, -0.05) is 17.7 Å². The lowest BCUT2D eigenvalue weighted by atomic mass is 10.1. The van der Waals surface area contributed by atoms with E-state index in [4.69, 9.17) is 11.6 Å². The van der Waals surface area contributed by atoms with Gasteiger partial charge in [0.05, 0.1) is 0 Å². The van der Waals surface area contributed by atoms with Crippen molar-refractivity contribution in [3.05, 3.63) is 29.3 Å². The first kappa shape index (κ1) is 11.8. The standard InChI is InChI=1S/C13H16ClN3O/c14-10-2-1-3-11(8-10)16-6-4-12-9-15-5-7-17(12)13(16)18/h1-3,8,12,15H,4-7,9H2. The molecule has 1 unspecified atom stereocenters. The summed E-state index contributed by atoms with van der Waals surface area (Å²) in [6, 6.07) is 7.95. The number of nitrogens with zero attached hydrogens (tertiary/aromatic N) is 2. The number of carbonyl (C=O) groups excluding carboxylic acids is 1. The normalized spacial score (nSPS) is 24.1. The van der Waals surface area contributed by atoms with E-state index in [0.717, 1.165) is 38.3 Å². The summed E-state index contributed by atoms with van der Waals surface area (Å²) >= 11 is 5.99. The number of anilines is 1. The van der Waals surface area contributed by atoms with Crippen molar-refractivity contribution in [2.45, 2.75) is 12.5 Å². The van der Waals surface area contributed by atoms with Crippen LogP contribution in [-0.2, 0) is 0 Å². The van der Waals surface area contributed by atoms with Crippen LogP contribution in [-0.4, -0.2) is 43.2 Å². The van der Waals surface area contributed by atoms with Gasteiger partial charge in [-0.3, -0.25) is 4.90 Å². The lowest BCUT2D eigenvalue weighted by molar-refractivity contribution is 0.147. The van der Waals surface area contributed by atoms with Gasteiger partial charge in [0, 0.05) is 42.9 Å². The second kappa shape index (κ2) is 4.78. The molecule has 2 saturated heterocycles. The molecular weight excluding hydrogens is 250 g/mol. The van der Waals surface area contributed by atoms with E-state index in [1.54, 1.807) is 0 Å². The molecule has 2 aliphatic heterocycles. The Hall–Kier alpha value is -1.26. The van der Waals surface area contributed by atoms with Gasteiger partial charge in [-0.05, 0) is 24.6 Å². The Morgan fingerprint density at radius 3 is 3.06 bits per heavy atom. The summed E-state index contributed by atoms with van der Waals surface area (Å²) in [4.78, 5) is 16.3. The maximum absolute atomic E-state index is 12.5. The molecule has 0 saturated carbocycles. The highest BCUT2D eigenvalue weighted by Crippen LogP contribution is 2.25. The summed E-state index contributed by atoms with van der Waals surface area (Å²) in [5.74, 6) is 0. The minimum Gasteiger partial charge on any atom is -0.319 e. The van der Waals surface area contributed by atoms with Gasteiger partial charge in [0.1, 0.15) is 0 Å². The van der Waals surface area contributed by atoms with Gasteiger partial charge in [-0.25, -0.2) is 4.79 Å². The molecule has 0 radical (unpaired) electrons. The van der Waals surface area contributed by atoms with Crippen molar-refractivity contribution >= 4 is 23.3 Å². The molecule has 2 amide bonds. The van der Waals surface area contributed by atoms with E-state index in [9.17, 15) is 4.79 Å². The minimum absolute atomic E-state index is 0.106. The van der Waals surface area contributed by atoms with Crippen molar-refractivity contribution in [1.29, 1.82) is 0 Å². The molecule has 4 nitrogen and oxygen atoms in total. The summed E-state index contributed by atoms with van der Waals surface area (Å²) in [5, 5.41) is 4.00. The maximum atomic E-state index is 12.5. The van der Waals surface area contributed by atoms with Crippen molar-refractivity contribution in [1.82, 2.24) is 10.2 Å². The lowest BCUT2D eigenvalue weighted by Crippen LogP contribution is -2.61. The van der Waals surface area contributed by atoms with Gasteiger partial charge in [-0.2, -0.15) is 0 Å². The Morgan fingerprint density at radius 1 is 1.33 bits per heavy atom. The van der Waals surface area contributed by atoms with Gasteiger partial charge in [0.2, 0.25) is 0 Å². The number of hydrogen-bond donors (Lipinski definition) is 1. The van der Waals surface area contributed by atoms with Crippen LogP contribution in [0.4, 0.5) is 10.5 Å². The van der Waals surface area contributed by atoms with E-state index in [1.807, 2.05) is 34.1 Å². The number of carbonyl (C=O) groups is 1. The number of fused-ring (bicyclic) bond motifs is 1. The summed E-state index contributed by atoms with van der Waals surface area (Å²) in [5.41, 5.74) is 0.893. The van der Waals surface area contributed by atoms with Crippen LogP contribution >= 0.6 is 11.6 Å². The van der Waals surface area contributed by atoms with Crippen LogP contribution < -0.4 is 10.2 Å². The Bertz CT molecular complexity index is 465. The van der Waals surface area contributed by atoms with Crippen molar-refractivity contribution in [2.24, 2.45) is 0 Å². The van der Waals surface area contributed by atoms with Crippen LogP contribution in [0.15, 0.2) is 24.3 Å². The smallest absolute Gasteiger partial charge is 0.319 e. The summed E-state index contributed by atoms with van der Waals surface area (Å²) < 4.78 is 0. The number of hydrogen-bond acceptors (Lipinski definition) is 2. The fourth-order valence-corrected chi connectivity index (χ4v) is 2.87. The Balaban J connectivity index is 1.84. The first-order valence-electron chi connectivity index (χ1n) is 6.30. The molecule has 0 aromatic heterocycles. The van der Waals surface area contributed by atoms with E-state index < -0.39 is 0 Å². The molecule has 3 rings (SSSR count). The third kappa shape index (κ3) is 2.06. The van der Waals surface area contributed by atoms with E-state index in [2.05, 4.69) is 5.32 Å². The number of piperazine rings is 1. The topological polar surface area (TPSA) is 35.6 Å². The average molecular weight is 266 g/mol. The highest BCUT2D eigenvalue weighted by molar-refractivity contribution is 6.30. The molecule has 1 aromatic carbocycles. The van der Waals surface area contributed by atoms with E-state index in [0.29, 0.717) is 11.1 Å². The molecule has 0 bridgehead atoms. The molecule has 1 N–H and O–H groups in total. The fraction of sp³-hybridized carbons (Fsp3) is 0.462. The monoisotopic (exact) mass is 265 g/mol. The third-order valence-corrected chi connectivity index (χ3v) is 3.87. The molecule has 0 spiro atoms. The molecule has 1 aromatic rings. The Kier molecular flexibility index (Phi) is 3.14. The summed E-state index contributed by atoms with van der Waals surface area (Å²) in [6.45, 7) is 3.35. The van der Waals surface area contributed by atoms with Crippen LogP contribution in [0.25, 0.3) is 0 Å². The summed E-state index contributed by atoms with van der Waals surface area (Å²) in [6.07, 6.45) is 1.01.